The highest BCUT2D eigenvalue weighted by molar-refractivity contribution is 6.30. The van der Waals surface area contributed by atoms with Gasteiger partial charge >= 0.3 is 6.03 Å². The zero-order valence-electron chi connectivity index (χ0n) is 11.3. The van der Waals surface area contributed by atoms with Crippen LogP contribution in [0.5, 0.6) is 0 Å². The Bertz CT molecular complexity index is 488. The van der Waals surface area contributed by atoms with E-state index in [1.54, 1.807) is 11.8 Å². The first kappa shape index (κ1) is 15.1. The molecule has 0 aromatic heterocycles. The van der Waals surface area contributed by atoms with Crippen molar-refractivity contribution in [3.63, 3.8) is 0 Å². The normalized spacial score (nSPS) is 17.9. The summed E-state index contributed by atoms with van der Waals surface area (Å²) in [6.45, 7) is 2.88. The second-order valence-corrected chi connectivity index (χ2v) is 5.56. The summed E-state index contributed by atoms with van der Waals surface area (Å²) in [5.74, 6) is -0.288. The van der Waals surface area contributed by atoms with E-state index in [1.807, 2.05) is 0 Å². The number of carbonyl (C=O) groups is 1. The Labute approximate surface area is 122 Å². The molecule has 6 heteroatoms. The molecule has 0 aliphatic carbocycles. The van der Waals surface area contributed by atoms with E-state index in [1.165, 1.54) is 18.2 Å². The van der Waals surface area contributed by atoms with Crippen LogP contribution < -0.4 is 5.32 Å². The van der Waals surface area contributed by atoms with Crippen molar-refractivity contribution in [2.45, 2.75) is 25.9 Å². The molecule has 4 nitrogen and oxygen atoms in total. The summed E-state index contributed by atoms with van der Waals surface area (Å²) in [5, 5.41) is 12.4. The molecule has 1 aromatic carbocycles. The molecule has 1 aliphatic heterocycles. The van der Waals surface area contributed by atoms with Gasteiger partial charge in [-0.25, -0.2) is 9.18 Å². The quantitative estimate of drug-likeness (QED) is 0.882. The number of halogens is 2. The first-order chi connectivity index (χ1) is 9.47. The number of piperidine rings is 1. The second-order valence-electron chi connectivity index (χ2n) is 5.12. The zero-order valence-corrected chi connectivity index (χ0v) is 12.0. The fraction of sp³-hybridized carbons (Fsp3) is 0.500. The van der Waals surface area contributed by atoms with Gasteiger partial charge in [0.05, 0.1) is 11.8 Å². The van der Waals surface area contributed by atoms with E-state index in [0.717, 1.165) is 12.8 Å². The molecule has 0 radical (unpaired) electrons. The van der Waals surface area contributed by atoms with Gasteiger partial charge in [0.25, 0.3) is 0 Å². The van der Waals surface area contributed by atoms with Crippen LogP contribution in [0.25, 0.3) is 0 Å². The smallest absolute Gasteiger partial charge is 0.321 e. The Morgan fingerprint density at radius 2 is 2.15 bits per heavy atom. The molecule has 2 rings (SSSR count). The average Bonchev–Trinajstić information content (AvgIpc) is 2.43. The lowest BCUT2D eigenvalue weighted by molar-refractivity contribution is 0.0820. The van der Waals surface area contributed by atoms with Gasteiger partial charge in [-0.15, -0.1) is 0 Å². The lowest BCUT2D eigenvalue weighted by Gasteiger charge is -2.33. The van der Waals surface area contributed by atoms with Crippen LogP contribution in [0.1, 0.15) is 19.8 Å². The number of nitrogens with zero attached hydrogens (tertiary/aromatic N) is 1. The maximum atomic E-state index is 13.5. The number of anilines is 1. The lowest BCUT2D eigenvalue weighted by Crippen LogP contribution is -2.42. The van der Waals surface area contributed by atoms with Gasteiger partial charge in [0.2, 0.25) is 0 Å². The van der Waals surface area contributed by atoms with Crippen LogP contribution in [-0.4, -0.2) is 35.2 Å². The number of aliphatic hydroxyl groups excluding tert-OH is 1. The van der Waals surface area contributed by atoms with Crippen LogP contribution in [0.4, 0.5) is 14.9 Å². The minimum atomic E-state index is -0.512. The number of hydrogen-bond acceptors (Lipinski definition) is 2. The van der Waals surface area contributed by atoms with Crippen molar-refractivity contribution in [3.8, 4) is 0 Å². The molecule has 1 unspecified atom stereocenters. The standard InChI is InChI=1S/C14H18ClFN2O2/c1-9(19)10-4-6-18(7-5-10)14(20)17-13-8-11(15)2-3-12(13)16/h2-3,8-10,19H,4-7H2,1H3,(H,17,20). The highest BCUT2D eigenvalue weighted by Gasteiger charge is 2.25. The van der Waals surface area contributed by atoms with Crippen molar-refractivity contribution in [1.29, 1.82) is 0 Å². The third kappa shape index (κ3) is 3.61. The average molecular weight is 301 g/mol. The SMILES string of the molecule is CC(O)C1CCN(C(=O)Nc2cc(Cl)ccc2F)CC1. The largest absolute Gasteiger partial charge is 0.393 e. The molecule has 20 heavy (non-hydrogen) atoms. The summed E-state index contributed by atoms with van der Waals surface area (Å²) in [4.78, 5) is 13.7. The molecule has 1 fully saturated rings. The molecule has 1 saturated heterocycles. The lowest BCUT2D eigenvalue weighted by atomic mass is 9.92. The molecule has 1 aromatic rings. The van der Waals surface area contributed by atoms with Crippen LogP contribution >= 0.6 is 11.6 Å². The van der Waals surface area contributed by atoms with Crippen LogP contribution in [0, 0.1) is 11.7 Å². The van der Waals surface area contributed by atoms with Gasteiger partial charge in [-0.05, 0) is 43.9 Å². The van der Waals surface area contributed by atoms with E-state index in [-0.39, 0.29) is 23.7 Å². The van der Waals surface area contributed by atoms with Crippen LogP contribution in [0.15, 0.2) is 18.2 Å². The van der Waals surface area contributed by atoms with Gasteiger partial charge in [-0.2, -0.15) is 0 Å². The number of urea groups is 1. The van der Waals surface area contributed by atoms with Gasteiger partial charge in [-0.1, -0.05) is 11.6 Å². The second kappa shape index (κ2) is 6.41. The molecule has 0 spiro atoms. The number of hydrogen-bond donors (Lipinski definition) is 2. The third-order valence-electron chi connectivity index (χ3n) is 3.68. The first-order valence-corrected chi connectivity index (χ1v) is 7.04. The molecule has 110 valence electrons. The highest BCUT2D eigenvalue weighted by atomic mass is 35.5. The minimum absolute atomic E-state index is 0.0835. The third-order valence-corrected chi connectivity index (χ3v) is 3.91. The zero-order chi connectivity index (χ0) is 14.7. The Morgan fingerprint density at radius 3 is 2.75 bits per heavy atom. The molecule has 0 bridgehead atoms. The number of likely N-dealkylation sites (tertiary alicyclic amines) is 1. The maximum absolute atomic E-state index is 13.5. The number of nitrogens with one attached hydrogen (secondary N) is 1. The predicted molar refractivity (Wildman–Crippen MR) is 76.4 cm³/mol. The summed E-state index contributed by atoms with van der Waals surface area (Å²) in [5.41, 5.74) is 0.0835. The summed E-state index contributed by atoms with van der Waals surface area (Å²) in [7, 11) is 0. The van der Waals surface area contributed by atoms with E-state index in [0.29, 0.717) is 18.1 Å². The molecule has 0 saturated carbocycles. The number of benzene rings is 1. The summed E-state index contributed by atoms with van der Waals surface area (Å²) in [6.07, 6.45) is 1.15. The molecule has 1 aliphatic rings. The van der Waals surface area contributed by atoms with Crippen molar-refractivity contribution < 1.29 is 14.3 Å². The molecule has 1 heterocycles. The van der Waals surface area contributed by atoms with E-state index in [2.05, 4.69) is 5.32 Å². The predicted octanol–water partition coefficient (Wildman–Crippen LogP) is 3.10. The Kier molecular flexibility index (Phi) is 4.83. The molecule has 2 N–H and O–H groups in total. The van der Waals surface area contributed by atoms with Gasteiger partial charge < -0.3 is 15.3 Å². The highest BCUT2D eigenvalue weighted by Crippen LogP contribution is 2.23. The van der Waals surface area contributed by atoms with Gasteiger partial charge in [0, 0.05) is 18.1 Å². The van der Waals surface area contributed by atoms with Crippen LogP contribution in [0.2, 0.25) is 5.02 Å². The number of rotatable bonds is 2. The maximum Gasteiger partial charge on any atom is 0.321 e. The first-order valence-electron chi connectivity index (χ1n) is 6.66. The summed E-state index contributed by atoms with van der Waals surface area (Å²) < 4.78 is 13.5. The van der Waals surface area contributed by atoms with Crippen molar-refractivity contribution in [1.82, 2.24) is 4.90 Å². The summed E-state index contributed by atoms with van der Waals surface area (Å²) >= 11 is 5.78. The Balaban J connectivity index is 1.94. The van der Waals surface area contributed by atoms with E-state index < -0.39 is 5.82 Å². The molecule has 1 atom stereocenters. The number of aliphatic hydroxyl groups is 1. The Morgan fingerprint density at radius 1 is 1.50 bits per heavy atom. The van der Waals surface area contributed by atoms with Crippen LogP contribution in [-0.2, 0) is 0 Å². The van der Waals surface area contributed by atoms with Crippen molar-refractivity contribution in [2.75, 3.05) is 18.4 Å². The van der Waals surface area contributed by atoms with Gasteiger partial charge in [-0.3, -0.25) is 0 Å². The molecular weight excluding hydrogens is 283 g/mol. The van der Waals surface area contributed by atoms with Crippen LogP contribution in [0.3, 0.4) is 0 Å². The van der Waals surface area contributed by atoms with E-state index in [9.17, 15) is 14.3 Å². The van der Waals surface area contributed by atoms with Crippen molar-refractivity contribution in [3.05, 3.63) is 29.0 Å². The van der Waals surface area contributed by atoms with E-state index >= 15 is 0 Å². The fourth-order valence-corrected chi connectivity index (χ4v) is 2.54. The topological polar surface area (TPSA) is 52.6 Å². The Hall–Kier alpha value is -1.33. The summed E-state index contributed by atoms with van der Waals surface area (Å²) in [6, 6.07) is 3.70. The van der Waals surface area contributed by atoms with E-state index in [4.69, 9.17) is 11.6 Å². The fourth-order valence-electron chi connectivity index (χ4n) is 2.37. The molecule has 2 amide bonds. The minimum Gasteiger partial charge on any atom is -0.393 e. The number of amides is 2. The molecular formula is C14H18ClFN2O2. The van der Waals surface area contributed by atoms with Gasteiger partial charge in [0.1, 0.15) is 5.82 Å². The van der Waals surface area contributed by atoms with Gasteiger partial charge in [0.15, 0.2) is 0 Å². The van der Waals surface area contributed by atoms with Crippen molar-refractivity contribution in [2.24, 2.45) is 5.92 Å². The van der Waals surface area contributed by atoms with Crippen molar-refractivity contribution >= 4 is 23.3 Å². The monoisotopic (exact) mass is 300 g/mol. The number of carbonyl (C=O) groups excluding carboxylic acids is 1.